The van der Waals surface area contributed by atoms with E-state index in [1.807, 2.05) is 6.07 Å². The van der Waals surface area contributed by atoms with Crippen LogP contribution >= 0.6 is 15.9 Å². The highest BCUT2D eigenvalue weighted by molar-refractivity contribution is 9.10. The molecule has 0 N–H and O–H groups in total. The molecule has 1 aromatic carbocycles. The molecule has 0 bridgehead atoms. The molecule has 0 aromatic heterocycles. The van der Waals surface area contributed by atoms with Gasteiger partial charge in [0, 0.05) is 10.5 Å². The van der Waals surface area contributed by atoms with Crippen molar-refractivity contribution in [1.82, 2.24) is 0 Å². The summed E-state index contributed by atoms with van der Waals surface area (Å²) in [6.07, 6.45) is 0. The van der Waals surface area contributed by atoms with Crippen LogP contribution in [0, 0.1) is 6.07 Å². The van der Waals surface area contributed by atoms with Crippen molar-refractivity contribution in [3.63, 3.8) is 0 Å². The van der Waals surface area contributed by atoms with Crippen LogP contribution in [0.2, 0.25) is 0 Å². The number of hydrogen-bond donors (Lipinski definition) is 0. The Morgan fingerprint density at radius 2 is 2.00 bits per heavy atom. The first kappa shape index (κ1) is 6.98. The fourth-order valence-electron chi connectivity index (χ4n) is 0.962. The highest BCUT2D eigenvalue weighted by atomic mass is 79.9. The van der Waals surface area contributed by atoms with E-state index in [1.54, 1.807) is 6.07 Å². The zero-order valence-electron chi connectivity index (χ0n) is 5.76. The lowest BCUT2D eigenvalue weighted by molar-refractivity contribution is 0.171. The lowest BCUT2D eigenvalue weighted by Crippen LogP contribution is -2.15. The molecule has 1 radical (unpaired) electrons. The van der Waals surface area contributed by atoms with Gasteiger partial charge >= 0.3 is 0 Å². The third-order valence-electron chi connectivity index (χ3n) is 1.44. The SMILES string of the molecule is Brc1[c]cc2c(c1)OCCO2. The maximum absolute atomic E-state index is 5.33. The van der Waals surface area contributed by atoms with Crippen LogP contribution in [0.1, 0.15) is 0 Å². The van der Waals surface area contributed by atoms with Crippen molar-refractivity contribution in [2.45, 2.75) is 0 Å². The Hall–Kier alpha value is -0.700. The van der Waals surface area contributed by atoms with Gasteiger partial charge < -0.3 is 9.47 Å². The predicted octanol–water partition coefficient (Wildman–Crippen LogP) is 2.02. The topological polar surface area (TPSA) is 18.5 Å². The van der Waals surface area contributed by atoms with E-state index in [-0.39, 0.29) is 0 Å². The van der Waals surface area contributed by atoms with Crippen molar-refractivity contribution < 1.29 is 9.47 Å². The van der Waals surface area contributed by atoms with Crippen LogP contribution < -0.4 is 9.47 Å². The molecule has 2 nitrogen and oxygen atoms in total. The van der Waals surface area contributed by atoms with Crippen LogP contribution in [0.5, 0.6) is 11.5 Å². The number of fused-ring (bicyclic) bond motifs is 1. The Kier molecular flexibility index (Phi) is 1.74. The Labute approximate surface area is 73.3 Å². The first-order valence-corrected chi connectivity index (χ1v) is 4.12. The molecular formula is C8H6BrO2. The van der Waals surface area contributed by atoms with Crippen LogP contribution in [0.15, 0.2) is 16.6 Å². The Bertz CT molecular complexity index is 273. The Morgan fingerprint density at radius 1 is 1.27 bits per heavy atom. The van der Waals surface area contributed by atoms with Crippen LogP contribution in [0.3, 0.4) is 0 Å². The highest BCUT2D eigenvalue weighted by Crippen LogP contribution is 2.31. The van der Waals surface area contributed by atoms with E-state index in [0.717, 1.165) is 16.0 Å². The van der Waals surface area contributed by atoms with Crippen LogP contribution in [-0.4, -0.2) is 13.2 Å². The van der Waals surface area contributed by atoms with E-state index in [0.29, 0.717) is 13.2 Å². The van der Waals surface area contributed by atoms with Crippen molar-refractivity contribution >= 4 is 15.9 Å². The molecule has 0 amide bonds. The van der Waals surface area contributed by atoms with Gasteiger partial charge in [0.25, 0.3) is 0 Å². The van der Waals surface area contributed by atoms with E-state index in [4.69, 9.17) is 9.47 Å². The molecule has 1 aliphatic rings. The van der Waals surface area contributed by atoms with Gasteiger partial charge in [0.2, 0.25) is 0 Å². The summed E-state index contributed by atoms with van der Waals surface area (Å²) in [5.41, 5.74) is 0. The monoisotopic (exact) mass is 213 g/mol. The second-order valence-electron chi connectivity index (χ2n) is 2.21. The minimum absolute atomic E-state index is 0.627. The molecule has 57 valence electrons. The fourth-order valence-corrected chi connectivity index (χ4v) is 1.28. The van der Waals surface area contributed by atoms with Crippen molar-refractivity contribution in [2.24, 2.45) is 0 Å². The lowest BCUT2D eigenvalue weighted by atomic mass is 10.3. The molecule has 0 aliphatic carbocycles. The summed E-state index contributed by atoms with van der Waals surface area (Å²) in [4.78, 5) is 0. The molecule has 2 rings (SSSR count). The van der Waals surface area contributed by atoms with E-state index < -0.39 is 0 Å². The summed E-state index contributed by atoms with van der Waals surface area (Å²) in [5.74, 6) is 1.57. The second-order valence-corrected chi connectivity index (χ2v) is 3.06. The van der Waals surface area contributed by atoms with Crippen molar-refractivity contribution in [3.8, 4) is 11.5 Å². The predicted molar refractivity (Wildman–Crippen MR) is 44.0 cm³/mol. The van der Waals surface area contributed by atoms with Crippen molar-refractivity contribution in [3.05, 3.63) is 22.7 Å². The van der Waals surface area contributed by atoms with Gasteiger partial charge in [0.15, 0.2) is 11.5 Å². The third-order valence-corrected chi connectivity index (χ3v) is 1.90. The van der Waals surface area contributed by atoms with Gasteiger partial charge in [-0.2, -0.15) is 0 Å². The Morgan fingerprint density at radius 3 is 2.82 bits per heavy atom. The molecule has 1 heterocycles. The summed E-state index contributed by atoms with van der Waals surface area (Å²) < 4.78 is 11.5. The molecule has 1 aromatic rings. The van der Waals surface area contributed by atoms with Crippen molar-refractivity contribution in [2.75, 3.05) is 13.2 Å². The number of halogens is 1. The summed E-state index contributed by atoms with van der Waals surface area (Å²) in [5, 5.41) is 0. The van der Waals surface area contributed by atoms with Gasteiger partial charge in [-0.3, -0.25) is 0 Å². The number of benzene rings is 1. The number of hydrogen-bond acceptors (Lipinski definition) is 2. The zero-order valence-corrected chi connectivity index (χ0v) is 7.35. The molecule has 0 unspecified atom stereocenters. The van der Waals surface area contributed by atoms with Crippen LogP contribution in [-0.2, 0) is 0 Å². The van der Waals surface area contributed by atoms with E-state index in [9.17, 15) is 0 Å². The minimum Gasteiger partial charge on any atom is -0.486 e. The van der Waals surface area contributed by atoms with Gasteiger partial charge in [-0.25, -0.2) is 0 Å². The average Bonchev–Trinajstić information content (AvgIpc) is 2.04. The average molecular weight is 214 g/mol. The van der Waals surface area contributed by atoms with E-state index in [2.05, 4.69) is 22.0 Å². The molecule has 0 atom stereocenters. The molecule has 0 spiro atoms. The number of ether oxygens (including phenoxy) is 2. The zero-order chi connectivity index (χ0) is 7.68. The second kappa shape index (κ2) is 2.74. The maximum atomic E-state index is 5.33. The largest absolute Gasteiger partial charge is 0.486 e. The highest BCUT2D eigenvalue weighted by Gasteiger charge is 2.10. The van der Waals surface area contributed by atoms with Gasteiger partial charge in [-0.1, -0.05) is 15.9 Å². The first-order valence-electron chi connectivity index (χ1n) is 3.33. The summed E-state index contributed by atoms with van der Waals surface area (Å²) in [7, 11) is 0. The van der Waals surface area contributed by atoms with Crippen LogP contribution in [0.4, 0.5) is 0 Å². The Balaban J connectivity index is 2.43. The summed E-state index contributed by atoms with van der Waals surface area (Å²) >= 11 is 3.30. The van der Waals surface area contributed by atoms with Gasteiger partial charge in [0.1, 0.15) is 13.2 Å². The molecule has 1 aliphatic heterocycles. The number of rotatable bonds is 0. The van der Waals surface area contributed by atoms with E-state index >= 15 is 0 Å². The molecule has 3 heteroatoms. The molecule has 0 fully saturated rings. The van der Waals surface area contributed by atoms with Crippen molar-refractivity contribution in [1.29, 1.82) is 0 Å². The van der Waals surface area contributed by atoms with Gasteiger partial charge in [-0.05, 0) is 12.1 Å². The standard InChI is InChI=1S/C8H6BrO2/c9-6-1-2-7-8(5-6)11-4-3-10-7/h2,5H,3-4H2. The molecular weight excluding hydrogens is 208 g/mol. The van der Waals surface area contributed by atoms with Gasteiger partial charge in [-0.15, -0.1) is 0 Å². The fraction of sp³-hybridized carbons (Fsp3) is 0.250. The molecule has 0 saturated heterocycles. The quantitative estimate of drug-likeness (QED) is 0.657. The van der Waals surface area contributed by atoms with Crippen LogP contribution in [0.25, 0.3) is 0 Å². The van der Waals surface area contributed by atoms with Gasteiger partial charge in [0.05, 0.1) is 0 Å². The molecule has 11 heavy (non-hydrogen) atoms. The smallest absolute Gasteiger partial charge is 0.162 e. The summed E-state index contributed by atoms with van der Waals surface area (Å²) in [6.45, 7) is 1.26. The van der Waals surface area contributed by atoms with E-state index in [1.165, 1.54) is 0 Å². The first-order chi connectivity index (χ1) is 5.36. The third kappa shape index (κ3) is 1.33. The minimum atomic E-state index is 0.627. The maximum Gasteiger partial charge on any atom is 0.162 e. The molecule has 0 saturated carbocycles. The summed E-state index contributed by atoms with van der Waals surface area (Å²) in [6, 6.07) is 6.60. The lowest BCUT2D eigenvalue weighted by Gasteiger charge is -2.17. The normalized spacial score (nSPS) is 14.6.